The molecular formula is C13H20N6. The lowest BCUT2D eigenvalue weighted by atomic mass is 9.77. The van der Waals surface area contributed by atoms with Crippen molar-refractivity contribution in [2.24, 2.45) is 12.8 Å². The van der Waals surface area contributed by atoms with Gasteiger partial charge in [0.25, 0.3) is 0 Å². The first-order chi connectivity index (χ1) is 8.99. The van der Waals surface area contributed by atoms with Crippen molar-refractivity contribution in [3.8, 4) is 11.5 Å². The molecule has 1 saturated carbocycles. The number of imidazole rings is 1. The van der Waals surface area contributed by atoms with Crippen LogP contribution in [-0.2, 0) is 12.6 Å². The topological polar surface area (TPSA) is 85.4 Å². The third-order valence-corrected chi connectivity index (χ3v) is 3.83. The van der Waals surface area contributed by atoms with Gasteiger partial charge in [0.05, 0.1) is 11.7 Å². The number of hydrogen-bond acceptors (Lipinski definition) is 4. The molecular weight excluding hydrogens is 240 g/mol. The minimum atomic E-state index is -0.266. The number of nitrogens with two attached hydrogens (primary N) is 1. The van der Waals surface area contributed by atoms with Crippen LogP contribution in [-0.4, -0.2) is 24.7 Å². The van der Waals surface area contributed by atoms with Crippen molar-refractivity contribution in [3.05, 3.63) is 17.8 Å². The van der Waals surface area contributed by atoms with Gasteiger partial charge in [-0.3, -0.25) is 0 Å². The lowest BCUT2D eigenvalue weighted by Gasteiger charge is -2.35. The molecule has 1 aliphatic rings. The molecule has 2 heterocycles. The van der Waals surface area contributed by atoms with Crippen LogP contribution < -0.4 is 5.73 Å². The Bertz CT molecular complexity index is 590. The standard InChI is InChI=1S/C13H20N6/c1-8(2)10-17-11(19(3)18-10)9-7-15-12(16-9)13(14)5-4-6-13/h7-8H,4-6,14H2,1-3H3,(H,15,16). The van der Waals surface area contributed by atoms with Crippen molar-refractivity contribution in [2.45, 2.75) is 44.6 Å². The molecule has 0 atom stereocenters. The Kier molecular flexibility index (Phi) is 2.70. The predicted octanol–water partition coefficient (Wildman–Crippen LogP) is 1.67. The highest BCUT2D eigenvalue weighted by Gasteiger charge is 2.37. The first-order valence-corrected chi connectivity index (χ1v) is 6.75. The van der Waals surface area contributed by atoms with Crippen molar-refractivity contribution in [1.82, 2.24) is 24.7 Å². The van der Waals surface area contributed by atoms with Gasteiger partial charge in [-0.2, -0.15) is 5.10 Å². The number of nitrogens with one attached hydrogen (secondary N) is 1. The van der Waals surface area contributed by atoms with Crippen molar-refractivity contribution in [3.63, 3.8) is 0 Å². The Balaban J connectivity index is 1.94. The summed E-state index contributed by atoms with van der Waals surface area (Å²) in [7, 11) is 1.90. The van der Waals surface area contributed by atoms with Gasteiger partial charge in [0.15, 0.2) is 11.6 Å². The summed E-state index contributed by atoms with van der Waals surface area (Å²) in [6.07, 6.45) is 4.97. The van der Waals surface area contributed by atoms with E-state index in [-0.39, 0.29) is 5.54 Å². The molecule has 102 valence electrons. The van der Waals surface area contributed by atoms with E-state index in [2.05, 4.69) is 33.9 Å². The fraction of sp³-hybridized carbons (Fsp3) is 0.615. The highest BCUT2D eigenvalue weighted by molar-refractivity contribution is 5.49. The second-order valence-corrected chi connectivity index (χ2v) is 5.73. The van der Waals surface area contributed by atoms with Crippen LogP contribution in [0.4, 0.5) is 0 Å². The summed E-state index contributed by atoms with van der Waals surface area (Å²) in [6.45, 7) is 4.17. The minimum absolute atomic E-state index is 0.266. The van der Waals surface area contributed by atoms with Gasteiger partial charge >= 0.3 is 0 Å². The third kappa shape index (κ3) is 1.96. The summed E-state index contributed by atoms with van der Waals surface area (Å²) < 4.78 is 1.79. The van der Waals surface area contributed by atoms with E-state index >= 15 is 0 Å². The number of hydrogen-bond donors (Lipinski definition) is 2. The normalized spacial score (nSPS) is 17.7. The van der Waals surface area contributed by atoms with E-state index in [1.54, 1.807) is 10.9 Å². The molecule has 6 heteroatoms. The first kappa shape index (κ1) is 12.3. The van der Waals surface area contributed by atoms with Crippen molar-refractivity contribution >= 4 is 0 Å². The smallest absolute Gasteiger partial charge is 0.176 e. The zero-order valence-electron chi connectivity index (χ0n) is 11.6. The van der Waals surface area contributed by atoms with Gasteiger partial charge in [0.2, 0.25) is 0 Å². The van der Waals surface area contributed by atoms with Crippen LogP contribution in [0, 0.1) is 0 Å². The Morgan fingerprint density at radius 1 is 1.42 bits per heavy atom. The molecule has 1 aliphatic carbocycles. The summed E-state index contributed by atoms with van der Waals surface area (Å²) in [5.74, 6) is 2.84. The minimum Gasteiger partial charge on any atom is -0.338 e. The molecule has 0 saturated heterocycles. The van der Waals surface area contributed by atoms with E-state index in [9.17, 15) is 0 Å². The summed E-state index contributed by atoms with van der Waals surface area (Å²) in [5, 5.41) is 4.42. The summed E-state index contributed by atoms with van der Waals surface area (Å²) >= 11 is 0. The Hall–Kier alpha value is -1.69. The highest BCUT2D eigenvalue weighted by Crippen LogP contribution is 2.37. The number of aromatic amines is 1. The maximum atomic E-state index is 6.27. The van der Waals surface area contributed by atoms with Gasteiger partial charge in [-0.05, 0) is 19.3 Å². The van der Waals surface area contributed by atoms with Crippen LogP contribution in [0.3, 0.4) is 0 Å². The maximum absolute atomic E-state index is 6.27. The fourth-order valence-electron chi connectivity index (χ4n) is 2.37. The second kappa shape index (κ2) is 4.16. The molecule has 0 aromatic carbocycles. The van der Waals surface area contributed by atoms with Crippen molar-refractivity contribution in [1.29, 1.82) is 0 Å². The molecule has 0 unspecified atom stereocenters. The largest absolute Gasteiger partial charge is 0.338 e. The van der Waals surface area contributed by atoms with Gasteiger partial charge in [-0.25, -0.2) is 14.6 Å². The van der Waals surface area contributed by atoms with E-state index in [4.69, 9.17) is 5.73 Å². The van der Waals surface area contributed by atoms with Crippen molar-refractivity contribution in [2.75, 3.05) is 0 Å². The van der Waals surface area contributed by atoms with Crippen LogP contribution in [0.1, 0.15) is 50.7 Å². The lowest BCUT2D eigenvalue weighted by Crippen LogP contribution is -2.44. The van der Waals surface area contributed by atoms with E-state index in [1.165, 1.54) is 6.42 Å². The summed E-state index contributed by atoms with van der Waals surface area (Å²) in [6, 6.07) is 0. The first-order valence-electron chi connectivity index (χ1n) is 6.75. The predicted molar refractivity (Wildman–Crippen MR) is 72.4 cm³/mol. The van der Waals surface area contributed by atoms with E-state index in [0.29, 0.717) is 5.92 Å². The van der Waals surface area contributed by atoms with Gasteiger partial charge in [-0.15, -0.1) is 0 Å². The number of aryl methyl sites for hydroxylation is 1. The summed E-state index contributed by atoms with van der Waals surface area (Å²) in [4.78, 5) is 12.3. The van der Waals surface area contributed by atoms with Crippen LogP contribution >= 0.6 is 0 Å². The SMILES string of the molecule is CC(C)c1nc(-c2cnc(C3(N)CCC3)[nH]2)n(C)n1. The van der Waals surface area contributed by atoms with Crippen LogP contribution in [0.15, 0.2) is 6.20 Å². The third-order valence-electron chi connectivity index (χ3n) is 3.83. The zero-order chi connectivity index (χ0) is 13.6. The monoisotopic (exact) mass is 260 g/mol. The number of aromatic nitrogens is 5. The molecule has 2 aromatic heterocycles. The number of nitrogens with zero attached hydrogens (tertiary/aromatic N) is 4. The van der Waals surface area contributed by atoms with Crippen LogP contribution in [0.5, 0.6) is 0 Å². The molecule has 19 heavy (non-hydrogen) atoms. The Morgan fingerprint density at radius 2 is 2.16 bits per heavy atom. The molecule has 3 N–H and O–H groups in total. The Labute approximate surface area is 112 Å². The van der Waals surface area contributed by atoms with Gasteiger partial charge < -0.3 is 10.7 Å². The molecule has 0 aliphatic heterocycles. The quantitative estimate of drug-likeness (QED) is 0.879. The molecule has 0 amide bonds. The molecule has 6 nitrogen and oxygen atoms in total. The van der Waals surface area contributed by atoms with E-state index < -0.39 is 0 Å². The molecule has 3 rings (SSSR count). The van der Waals surface area contributed by atoms with Gasteiger partial charge in [0, 0.05) is 13.0 Å². The van der Waals surface area contributed by atoms with Gasteiger partial charge in [0.1, 0.15) is 11.5 Å². The Morgan fingerprint density at radius 3 is 2.68 bits per heavy atom. The average Bonchev–Trinajstić information content (AvgIpc) is 2.92. The van der Waals surface area contributed by atoms with Crippen LogP contribution in [0.25, 0.3) is 11.5 Å². The average molecular weight is 260 g/mol. The molecule has 0 spiro atoms. The molecule has 0 radical (unpaired) electrons. The van der Waals surface area contributed by atoms with E-state index in [0.717, 1.165) is 36.0 Å². The lowest BCUT2D eigenvalue weighted by molar-refractivity contribution is 0.240. The van der Waals surface area contributed by atoms with Crippen LogP contribution in [0.2, 0.25) is 0 Å². The van der Waals surface area contributed by atoms with E-state index in [1.807, 2.05) is 7.05 Å². The second-order valence-electron chi connectivity index (χ2n) is 5.73. The van der Waals surface area contributed by atoms with Crippen molar-refractivity contribution < 1.29 is 0 Å². The number of H-pyrrole nitrogens is 1. The highest BCUT2D eigenvalue weighted by atomic mass is 15.3. The van der Waals surface area contributed by atoms with Gasteiger partial charge in [-0.1, -0.05) is 13.8 Å². The summed E-state index contributed by atoms with van der Waals surface area (Å²) in [5.41, 5.74) is 6.89. The molecule has 1 fully saturated rings. The fourth-order valence-corrected chi connectivity index (χ4v) is 2.37. The maximum Gasteiger partial charge on any atom is 0.176 e. The number of rotatable bonds is 3. The molecule has 0 bridgehead atoms. The molecule has 2 aromatic rings. The zero-order valence-corrected chi connectivity index (χ0v) is 11.6.